The van der Waals surface area contributed by atoms with E-state index in [0.717, 1.165) is 6.54 Å². The van der Waals surface area contributed by atoms with Gasteiger partial charge in [0.1, 0.15) is 23.0 Å². The van der Waals surface area contributed by atoms with E-state index in [4.69, 9.17) is 0 Å². The number of nitrogens with one attached hydrogen (secondary N) is 2. The van der Waals surface area contributed by atoms with Gasteiger partial charge in [0.25, 0.3) is 5.91 Å². The normalized spacial score (nSPS) is 12.3. The lowest BCUT2D eigenvalue weighted by Gasteiger charge is -2.13. The molecule has 0 unspecified atom stereocenters. The van der Waals surface area contributed by atoms with Crippen LogP contribution in [-0.4, -0.2) is 25.0 Å². The van der Waals surface area contributed by atoms with Gasteiger partial charge < -0.3 is 10.6 Å². The summed E-state index contributed by atoms with van der Waals surface area (Å²) in [7, 11) is 0. The minimum Gasteiger partial charge on any atom is -0.350 e. The van der Waals surface area contributed by atoms with Gasteiger partial charge >= 0.3 is 0 Å². The second kappa shape index (κ2) is 6.39. The first-order chi connectivity index (χ1) is 8.45. The number of carbonyl (C=O) groups excluding carboxylic acids is 1. The van der Waals surface area contributed by atoms with Crippen molar-refractivity contribution in [1.29, 1.82) is 0 Å². The van der Waals surface area contributed by atoms with Crippen LogP contribution in [0.15, 0.2) is 12.1 Å². The first-order valence-electron chi connectivity index (χ1n) is 5.61. The van der Waals surface area contributed by atoms with Crippen LogP contribution in [0, 0.1) is 17.5 Å². The Morgan fingerprint density at radius 3 is 2.33 bits per heavy atom. The molecule has 0 heterocycles. The molecular weight excluding hydrogens is 245 g/mol. The molecule has 1 amide bonds. The predicted molar refractivity (Wildman–Crippen MR) is 61.8 cm³/mol. The van der Waals surface area contributed by atoms with Crippen molar-refractivity contribution in [3.8, 4) is 0 Å². The van der Waals surface area contributed by atoms with Crippen molar-refractivity contribution >= 4 is 5.91 Å². The molecular formula is C12H15F3N2O. The largest absolute Gasteiger partial charge is 0.350 e. The number of amides is 1. The van der Waals surface area contributed by atoms with Gasteiger partial charge in [-0.25, -0.2) is 13.2 Å². The van der Waals surface area contributed by atoms with E-state index in [1.54, 1.807) is 0 Å². The maximum absolute atomic E-state index is 13.3. The highest BCUT2D eigenvalue weighted by Gasteiger charge is 2.19. The monoisotopic (exact) mass is 260 g/mol. The van der Waals surface area contributed by atoms with Crippen LogP contribution >= 0.6 is 0 Å². The third-order valence-electron chi connectivity index (χ3n) is 2.36. The van der Waals surface area contributed by atoms with E-state index in [-0.39, 0.29) is 12.6 Å². The lowest BCUT2D eigenvalue weighted by Crippen LogP contribution is -2.39. The van der Waals surface area contributed by atoms with E-state index < -0.39 is 28.9 Å². The zero-order chi connectivity index (χ0) is 13.7. The van der Waals surface area contributed by atoms with Crippen molar-refractivity contribution in [1.82, 2.24) is 10.6 Å². The van der Waals surface area contributed by atoms with Crippen LogP contribution in [0.5, 0.6) is 0 Å². The average molecular weight is 260 g/mol. The second-order valence-corrected chi connectivity index (χ2v) is 3.91. The Morgan fingerprint density at radius 1 is 1.28 bits per heavy atom. The lowest BCUT2D eigenvalue weighted by molar-refractivity contribution is 0.0941. The minimum atomic E-state index is -1.21. The molecule has 1 aromatic carbocycles. The highest BCUT2D eigenvalue weighted by Crippen LogP contribution is 2.14. The molecule has 1 rings (SSSR count). The van der Waals surface area contributed by atoms with Gasteiger partial charge in [-0.3, -0.25) is 4.79 Å². The Balaban J connectivity index is 2.73. The molecule has 0 saturated carbocycles. The number of hydrogen-bond acceptors (Lipinski definition) is 2. The Morgan fingerprint density at radius 2 is 1.83 bits per heavy atom. The molecule has 18 heavy (non-hydrogen) atoms. The van der Waals surface area contributed by atoms with Gasteiger partial charge in [-0.15, -0.1) is 0 Å². The van der Waals surface area contributed by atoms with Gasteiger partial charge in [0, 0.05) is 24.7 Å². The molecule has 0 aromatic heterocycles. The van der Waals surface area contributed by atoms with E-state index in [9.17, 15) is 18.0 Å². The highest BCUT2D eigenvalue weighted by molar-refractivity contribution is 5.94. The molecule has 0 aliphatic carbocycles. The first kappa shape index (κ1) is 14.5. The van der Waals surface area contributed by atoms with Gasteiger partial charge in [0.05, 0.1) is 0 Å². The molecule has 0 spiro atoms. The third-order valence-corrected chi connectivity index (χ3v) is 2.36. The number of carbonyl (C=O) groups is 1. The summed E-state index contributed by atoms with van der Waals surface area (Å²) in [6.07, 6.45) is 0. The standard InChI is InChI=1S/C12H15F3N2O/c1-3-16-7(2)6-17-12(18)11-9(14)4-8(13)5-10(11)15/h4-5,7,16H,3,6H2,1-2H3,(H,17,18)/t7-/m1/s1. The summed E-state index contributed by atoms with van der Waals surface area (Å²) in [5, 5.41) is 5.41. The Kier molecular flexibility index (Phi) is 5.15. The first-order valence-corrected chi connectivity index (χ1v) is 5.61. The fourth-order valence-corrected chi connectivity index (χ4v) is 1.51. The molecule has 6 heteroatoms. The smallest absolute Gasteiger partial charge is 0.257 e. The SMILES string of the molecule is CCN[C@H](C)CNC(=O)c1c(F)cc(F)cc1F. The summed E-state index contributed by atoms with van der Waals surface area (Å²) in [4.78, 5) is 11.6. The molecule has 0 radical (unpaired) electrons. The van der Waals surface area contributed by atoms with Gasteiger partial charge in [0.2, 0.25) is 0 Å². The van der Waals surface area contributed by atoms with Gasteiger partial charge in [0.15, 0.2) is 0 Å². The van der Waals surface area contributed by atoms with E-state index in [1.165, 1.54) is 0 Å². The van der Waals surface area contributed by atoms with Crippen LogP contribution in [0.25, 0.3) is 0 Å². The van der Waals surface area contributed by atoms with Crippen molar-refractivity contribution in [3.05, 3.63) is 35.1 Å². The summed E-state index contributed by atoms with van der Waals surface area (Å²) in [6.45, 7) is 4.66. The van der Waals surface area contributed by atoms with Crippen LogP contribution in [0.3, 0.4) is 0 Å². The maximum Gasteiger partial charge on any atom is 0.257 e. The fraction of sp³-hybridized carbons (Fsp3) is 0.417. The molecule has 0 fully saturated rings. The highest BCUT2D eigenvalue weighted by atomic mass is 19.1. The quantitative estimate of drug-likeness (QED) is 0.848. The van der Waals surface area contributed by atoms with Crippen molar-refractivity contribution in [2.24, 2.45) is 0 Å². The van der Waals surface area contributed by atoms with Crippen molar-refractivity contribution in [2.45, 2.75) is 19.9 Å². The van der Waals surface area contributed by atoms with Crippen LogP contribution < -0.4 is 10.6 Å². The Hall–Kier alpha value is -1.56. The Labute approximate surface area is 103 Å². The number of hydrogen-bond donors (Lipinski definition) is 2. The van der Waals surface area contributed by atoms with Gasteiger partial charge in [-0.05, 0) is 13.5 Å². The fourth-order valence-electron chi connectivity index (χ4n) is 1.51. The molecule has 1 aromatic rings. The summed E-state index contributed by atoms with van der Waals surface area (Å²) in [5.41, 5.74) is -0.764. The molecule has 1 atom stereocenters. The number of halogens is 3. The van der Waals surface area contributed by atoms with Crippen molar-refractivity contribution in [2.75, 3.05) is 13.1 Å². The van der Waals surface area contributed by atoms with E-state index >= 15 is 0 Å². The zero-order valence-electron chi connectivity index (χ0n) is 10.2. The molecule has 2 N–H and O–H groups in total. The summed E-state index contributed by atoms with van der Waals surface area (Å²) in [5.74, 6) is -4.36. The van der Waals surface area contributed by atoms with E-state index in [1.807, 2.05) is 13.8 Å². The molecule has 100 valence electrons. The van der Waals surface area contributed by atoms with Crippen LogP contribution in [-0.2, 0) is 0 Å². The van der Waals surface area contributed by atoms with Crippen molar-refractivity contribution in [3.63, 3.8) is 0 Å². The number of likely N-dealkylation sites (N-methyl/N-ethyl adjacent to an activating group) is 1. The minimum absolute atomic E-state index is 0.0227. The summed E-state index contributed by atoms with van der Waals surface area (Å²) < 4.78 is 39.2. The van der Waals surface area contributed by atoms with Crippen LogP contribution in [0.2, 0.25) is 0 Å². The van der Waals surface area contributed by atoms with Crippen LogP contribution in [0.4, 0.5) is 13.2 Å². The average Bonchev–Trinajstić information content (AvgIpc) is 2.25. The zero-order valence-corrected chi connectivity index (χ0v) is 10.2. The lowest BCUT2D eigenvalue weighted by atomic mass is 10.1. The second-order valence-electron chi connectivity index (χ2n) is 3.91. The summed E-state index contributed by atoms with van der Waals surface area (Å²) in [6, 6.07) is 0.933. The van der Waals surface area contributed by atoms with E-state index in [0.29, 0.717) is 12.1 Å². The maximum atomic E-state index is 13.3. The third kappa shape index (κ3) is 3.73. The van der Waals surface area contributed by atoms with Crippen molar-refractivity contribution < 1.29 is 18.0 Å². The topological polar surface area (TPSA) is 41.1 Å². The molecule has 3 nitrogen and oxygen atoms in total. The van der Waals surface area contributed by atoms with Gasteiger partial charge in [-0.2, -0.15) is 0 Å². The Bertz CT molecular complexity index is 414. The molecule has 0 bridgehead atoms. The predicted octanol–water partition coefficient (Wildman–Crippen LogP) is 1.83. The number of rotatable bonds is 5. The molecule has 0 saturated heterocycles. The van der Waals surface area contributed by atoms with Crippen LogP contribution in [0.1, 0.15) is 24.2 Å². The molecule has 0 aliphatic rings. The van der Waals surface area contributed by atoms with E-state index in [2.05, 4.69) is 10.6 Å². The summed E-state index contributed by atoms with van der Waals surface area (Å²) >= 11 is 0. The number of benzene rings is 1. The molecule has 0 aliphatic heterocycles. The van der Waals surface area contributed by atoms with Gasteiger partial charge in [-0.1, -0.05) is 6.92 Å².